The van der Waals surface area contributed by atoms with E-state index in [0.29, 0.717) is 11.6 Å². The third kappa shape index (κ3) is 1.17. The van der Waals surface area contributed by atoms with Gasteiger partial charge in [0, 0.05) is 24.7 Å². The Morgan fingerprint density at radius 3 is 2.33 bits per heavy atom. The number of fused-ring (bicyclic) bond motifs is 1. The molecule has 3 atom stereocenters. The molecule has 1 saturated heterocycles. The lowest BCUT2D eigenvalue weighted by atomic mass is 9.72. The van der Waals surface area contributed by atoms with E-state index in [4.69, 9.17) is 5.73 Å². The summed E-state index contributed by atoms with van der Waals surface area (Å²) >= 11 is 0. The Labute approximate surface area is 75.1 Å². The Kier molecular flexibility index (Phi) is 1.74. The van der Waals surface area contributed by atoms with Crippen molar-refractivity contribution < 1.29 is 0 Å². The van der Waals surface area contributed by atoms with E-state index in [0.717, 1.165) is 11.8 Å². The van der Waals surface area contributed by atoms with Crippen molar-refractivity contribution in [3.05, 3.63) is 0 Å². The average Bonchev–Trinajstić information content (AvgIpc) is 2.24. The van der Waals surface area contributed by atoms with Gasteiger partial charge in [0.15, 0.2) is 0 Å². The summed E-state index contributed by atoms with van der Waals surface area (Å²) in [4.78, 5) is 2.58. The average molecular weight is 168 g/mol. The molecule has 2 fully saturated rings. The topological polar surface area (TPSA) is 29.3 Å². The summed E-state index contributed by atoms with van der Waals surface area (Å²) < 4.78 is 0. The maximum absolute atomic E-state index is 5.94. The van der Waals surface area contributed by atoms with Crippen molar-refractivity contribution in [3.8, 4) is 0 Å². The van der Waals surface area contributed by atoms with Gasteiger partial charge in [0.05, 0.1) is 0 Å². The molecule has 2 N–H and O–H groups in total. The van der Waals surface area contributed by atoms with E-state index < -0.39 is 0 Å². The second kappa shape index (κ2) is 2.46. The van der Waals surface area contributed by atoms with Gasteiger partial charge in [-0.05, 0) is 39.0 Å². The molecule has 0 spiro atoms. The normalized spacial score (nSPS) is 42.5. The van der Waals surface area contributed by atoms with Gasteiger partial charge in [0.1, 0.15) is 0 Å². The number of nitrogens with two attached hydrogens (primary N) is 1. The molecule has 0 aromatic carbocycles. The molecule has 0 amide bonds. The number of hydrogen-bond acceptors (Lipinski definition) is 2. The maximum atomic E-state index is 5.94. The fraction of sp³-hybridized carbons (Fsp3) is 1.00. The predicted molar refractivity (Wildman–Crippen MR) is 50.9 cm³/mol. The highest BCUT2D eigenvalue weighted by Gasteiger charge is 2.47. The minimum atomic E-state index is 0.344. The molecule has 1 heterocycles. The summed E-state index contributed by atoms with van der Waals surface area (Å²) in [7, 11) is 0. The zero-order valence-corrected chi connectivity index (χ0v) is 8.38. The molecule has 1 saturated carbocycles. The Bertz CT molecular complexity index is 183. The van der Waals surface area contributed by atoms with Crippen LogP contribution in [0.5, 0.6) is 0 Å². The van der Waals surface area contributed by atoms with Gasteiger partial charge < -0.3 is 5.73 Å². The molecule has 2 rings (SSSR count). The molecule has 2 aliphatic rings. The van der Waals surface area contributed by atoms with Crippen LogP contribution in [-0.2, 0) is 0 Å². The van der Waals surface area contributed by atoms with Crippen molar-refractivity contribution in [2.45, 2.75) is 38.8 Å². The molecule has 0 aromatic rings. The number of likely N-dealkylation sites (tertiary alicyclic amines) is 1. The van der Waals surface area contributed by atoms with Crippen molar-refractivity contribution >= 4 is 0 Å². The Hall–Kier alpha value is -0.0800. The summed E-state index contributed by atoms with van der Waals surface area (Å²) in [5, 5.41) is 0. The summed E-state index contributed by atoms with van der Waals surface area (Å²) in [5.41, 5.74) is 6.29. The van der Waals surface area contributed by atoms with Gasteiger partial charge in [0.25, 0.3) is 0 Å². The van der Waals surface area contributed by atoms with Crippen LogP contribution in [0.2, 0.25) is 0 Å². The highest BCUT2D eigenvalue weighted by molar-refractivity contribution is 5.02. The number of nitrogens with zero attached hydrogens (tertiary/aromatic N) is 1. The number of hydrogen-bond donors (Lipinski definition) is 1. The van der Waals surface area contributed by atoms with Crippen molar-refractivity contribution in [3.63, 3.8) is 0 Å². The molecule has 70 valence electrons. The van der Waals surface area contributed by atoms with Gasteiger partial charge >= 0.3 is 0 Å². The van der Waals surface area contributed by atoms with Crippen LogP contribution in [0.25, 0.3) is 0 Å². The van der Waals surface area contributed by atoms with E-state index in [9.17, 15) is 0 Å². The molecule has 12 heavy (non-hydrogen) atoms. The Balaban J connectivity index is 1.99. The summed E-state index contributed by atoms with van der Waals surface area (Å²) in [5.74, 6) is 1.73. The van der Waals surface area contributed by atoms with Gasteiger partial charge in [0.2, 0.25) is 0 Å². The molecule has 2 heteroatoms. The lowest BCUT2D eigenvalue weighted by Gasteiger charge is -2.36. The smallest absolute Gasteiger partial charge is 0.0125 e. The first-order valence-corrected chi connectivity index (χ1v) is 4.99. The quantitative estimate of drug-likeness (QED) is 0.586. The summed E-state index contributed by atoms with van der Waals surface area (Å²) in [6.07, 6.45) is 1.26. The van der Waals surface area contributed by atoms with E-state index in [2.05, 4.69) is 25.7 Å². The molecular formula is C10H20N2. The van der Waals surface area contributed by atoms with E-state index in [-0.39, 0.29) is 0 Å². The maximum Gasteiger partial charge on any atom is 0.0125 e. The van der Waals surface area contributed by atoms with Crippen LogP contribution in [0, 0.1) is 11.8 Å². The van der Waals surface area contributed by atoms with Gasteiger partial charge in [-0.1, -0.05) is 0 Å². The van der Waals surface area contributed by atoms with Crippen LogP contribution in [-0.4, -0.2) is 29.6 Å². The minimum Gasteiger partial charge on any atom is -0.327 e. The van der Waals surface area contributed by atoms with Gasteiger partial charge in [-0.15, -0.1) is 0 Å². The second-order valence-corrected chi connectivity index (χ2v) is 5.40. The highest BCUT2D eigenvalue weighted by Crippen LogP contribution is 2.41. The van der Waals surface area contributed by atoms with E-state index >= 15 is 0 Å². The molecular weight excluding hydrogens is 148 g/mol. The highest BCUT2D eigenvalue weighted by atomic mass is 15.2. The minimum absolute atomic E-state index is 0.344. The van der Waals surface area contributed by atoms with Crippen molar-refractivity contribution in [2.75, 3.05) is 13.1 Å². The van der Waals surface area contributed by atoms with E-state index in [1.54, 1.807) is 0 Å². The first-order chi connectivity index (χ1) is 5.48. The zero-order chi connectivity index (χ0) is 8.93. The lowest BCUT2D eigenvalue weighted by molar-refractivity contribution is 0.168. The third-order valence-electron chi connectivity index (χ3n) is 3.57. The molecule has 1 aliphatic carbocycles. The molecule has 2 nitrogen and oxygen atoms in total. The van der Waals surface area contributed by atoms with Crippen LogP contribution in [0.4, 0.5) is 0 Å². The van der Waals surface area contributed by atoms with E-state index in [1.807, 2.05) is 0 Å². The SMILES string of the molecule is CC(C)(C)N1C[C@H]2CC(N)[C@H]2C1. The third-order valence-corrected chi connectivity index (χ3v) is 3.57. The summed E-state index contributed by atoms with van der Waals surface area (Å²) in [6, 6.07) is 0.502. The van der Waals surface area contributed by atoms with Crippen molar-refractivity contribution in [2.24, 2.45) is 17.6 Å². The standard InChI is InChI=1S/C10H20N2/c1-10(2,3)12-5-7-4-9(11)8(7)6-12/h7-9H,4-6,11H2,1-3H3/t7-,8+,9?/m1/s1. The van der Waals surface area contributed by atoms with Gasteiger partial charge in [-0.3, -0.25) is 4.90 Å². The van der Waals surface area contributed by atoms with Crippen molar-refractivity contribution in [1.29, 1.82) is 0 Å². The van der Waals surface area contributed by atoms with Crippen LogP contribution < -0.4 is 5.73 Å². The fourth-order valence-electron chi connectivity index (χ4n) is 2.51. The van der Waals surface area contributed by atoms with Crippen LogP contribution in [0.3, 0.4) is 0 Å². The molecule has 0 aromatic heterocycles. The molecule has 0 bridgehead atoms. The van der Waals surface area contributed by atoms with Crippen LogP contribution in [0.1, 0.15) is 27.2 Å². The lowest BCUT2D eigenvalue weighted by Crippen LogP contribution is -2.46. The van der Waals surface area contributed by atoms with Gasteiger partial charge in [-0.2, -0.15) is 0 Å². The van der Waals surface area contributed by atoms with Crippen molar-refractivity contribution in [1.82, 2.24) is 4.90 Å². The molecule has 0 radical (unpaired) electrons. The number of rotatable bonds is 0. The van der Waals surface area contributed by atoms with Crippen LogP contribution in [0.15, 0.2) is 0 Å². The van der Waals surface area contributed by atoms with E-state index in [1.165, 1.54) is 19.5 Å². The first kappa shape index (κ1) is 8.52. The van der Waals surface area contributed by atoms with Gasteiger partial charge in [-0.25, -0.2) is 0 Å². The predicted octanol–water partition coefficient (Wildman–Crippen LogP) is 1.06. The summed E-state index contributed by atoms with van der Waals surface area (Å²) in [6.45, 7) is 9.40. The monoisotopic (exact) mass is 168 g/mol. The molecule has 1 unspecified atom stereocenters. The van der Waals surface area contributed by atoms with Crippen LogP contribution >= 0.6 is 0 Å². The fourth-order valence-corrected chi connectivity index (χ4v) is 2.51. The zero-order valence-electron chi connectivity index (χ0n) is 8.38. The Morgan fingerprint density at radius 2 is 1.92 bits per heavy atom. The Morgan fingerprint density at radius 1 is 1.25 bits per heavy atom. The first-order valence-electron chi connectivity index (χ1n) is 4.99. The largest absolute Gasteiger partial charge is 0.327 e. The molecule has 1 aliphatic heterocycles. The second-order valence-electron chi connectivity index (χ2n) is 5.40.